The molecular formula is C42H44N2O4. The Bertz CT molecular complexity index is 1580. The van der Waals surface area contributed by atoms with E-state index >= 15 is 0 Å². The average Bonchev–Trinajstić information content (AvgIpc) is 3.10. The quantitative estimate of drug-likeness (QED) is 0.0497. The summed E-state index contributed by atoms with van der Waals surface area (Å²) in [6, 6.07) is 30.8. The van der Waals surface area contributed by atoms with E-state index in [1.807, 2.05) is 101 Å². The second-order valence-corrected chi connectivity index (χ2v) is 11.6. The predicted molar refractivity (Wildman–Crippen MR) is 200 cm³/mol. The van der Waals surface area contributed by atoms with Crippen molar-refractivity contribution in [2.24, 2.45) is 0 Å². The number of carbonyl (C=O) groups excluding carboxylic acids is 2. The van der Waals surface area contributed by atoms with Gasteiger partial charge in [-0.1, -0.05) is 60.7 Å². The largest absolute Gasteiger partial charge is 0.494 e. The Morgan fingerprint density at radius 3 is 1.19 bits per heavy atom. The maximum Gasteiger partial charge on any atom is 0.185 e. The zero-order valence-electron chi connectivity index (χ0n) is 28.2. The maximum atomic E-state index is 12.5. The first-order valence-corrected chi connectivity index (χ1v) is 16.1. The van der Waals surface area contributed by atoms with Crippen LogP contribution in [0.2, 0.25) is 0 Å². The Labute approximate surface area is 284 Å². The minimum atomic E-state index is -0.0601. The van der Waals surface area contributed by atoms with Crippen LogP contribution in [0.4, 0.5) is 11.4 Å². The zero-order valence-corrected chi connectivity index (χ0v) is 28.2. The van der Waals surface area contributed by atoms with E-state index in [0.717, 1.165) is 46.8 Å². The van der Waals surface area contributed by atoms with Gasteiger partial charge in [0.1, 0.15) is 11.5 Å². The van der Waals surface area contributed by atoms with Gasteiger partial charge in [-0.05, 0) is 109 Å². The van der Waals surface area contributed by atoms with E-state index in [0.29, 0.717) is 24.3 Å². The van der Waals surface area contributed by atoms with Crippen LogP contribution in [0.25, 0.3) is 12.2 Å². The molecule has 0 unspecified atom stereocenters. The Balaban J connectivity index is 1.10. The van der Waals surface area contributed by atoms with Gasteiger partial charge < -0.3 is 19.3 Å². The maximum absolute atomic E-state index is 12.5. The molecule has 4 rings (SSSR count). The Morgan fingerprint density at radius 1 is 0.500 bits per heavy atom. The molecule has 0 saturated carbocycles. The zero-order chi connectivity index (χ0) is 34.1. The van der Waals surface area contributed by atoms with Gasteiger partial charge in [-0.3, -0.25) is 9.59 Å². The number of anilines is 2. The van der Waals surface area contributed by atoms with Crippen LogP contribution in [0.3, 0.4) is 0 Å². The molecule has 0 radical (unpaired) electrons. The van der Waals surface area contributed by atoms with E-state index in [1.54, 1.807) is 48.6 Å². The second kappa shape index (κ2) is 18.5. The standard InChI is InChI=1S/C42H44N2O4/c1-43(2)37-23-15-33(16-24-37)11-5-7-13-41(45)35-19-27-39(28-20-35)47-31-9-10-32-48-40-29-21-36(22-30-40)42(46)14-8-6-12-34-17-25-38(26-18-34)44(3)4/h5-8,11-30H,9-10,31-32H2,1-4H3/b11-5+,12-6+,13-7+,14-8+. The number of rotatable bonds is 17. The molecule has 0 aromatic heterocycles. The number of ether oxygens (including phenoxy) is 2. The van der Waals surface area contributed by atoms with Crippen LogP contribution in [0.1, 0.15) is 44.7 Å². The van der Waals surface area contributed by atoms with Crippen molar-refractivity contribution >= 4 is 35.1 Å². The molecule has 0 amide bonds. The van der Waals surface area contributed by atoms with Crippen LogP contribution in [0.5, 0.6) is 11.5 Å². The molecule has 246 valence electrons. The monoisotopic (exact) mass is 640 g/mol. The molecule has 6 nitrogen and oxygen atoms in total. The molecule has 0 heterocycles. The molecule has 48 heavy (non-hydrogen) atoms. The smallest absolute Gasteiger partial charge is 0.185 e. The highest BCUT2D eigenvalue weighted by molar-refractivity contribution is 6.05. The van der Waals surface area contributed by atoms with Gasteiger partial charge >= 0.3 is 0 Å². The Hall–Kier alpha value is -5.62. The fourth-order valence-corrected chi connectivity index (χ4v) is 4.59. The van der Waals surface area contributed by atoms with Crippen LogP contribution in [-0.4, -0.2) is 53.0 Å². The summed E-state index contributed by atoms with van der Waals surface area (Å²) in [5, 5.41) is 0. The minimum absolute atomic E-state index is 0.0601. The van der Waals surface area contributed by atoms with E-state index < -0.39 is 0 Å². The van der Waals surface area contributed by atoms with Crippen molar-refractivity contribution < 1.29 is 19.1 Å². The minimum Gasteiger partial charge on any atom is -0.494 e. The van der Waals surface area contributed by atoms with Gasteiger partial charge in [0.2, 0.25) is 0 Å². The first-order valence-electron chi connectivity index (χ1n) is 16.1. The molecule has 0 aliphatic heterocycles. The lowest BCUT2D eigenvalue weighted by Crippen LogP contribution is -2.07. The lowest BCUT2D eigenvalue weighted by molar-refractivity contribution is 0.103. The fourth-order valence-electron chi connectivity index (χ4n) is 4.59. The van der Waals surface area contributed by atoms with E-state index in [4.69, 9.17) is 9.47 Å². The molecule has 4 aromatic rings. The van der Waals surface area contributed by atoms with E-state index in [2.05, 4.69) is 34.1 Å². The molecule has 0 N–H and O–H groups in total. The molecule has 0 bridgehead atoms. The van der Waals surface area contributed by atoms with E-state index in [9.17, 15) is 9.59 Å². The molecule has 6 heteroatoms. The Kier molecular flexibility index (Phi) is 13.6. The highest BCUT2D eigenvalue weighted by Crippen LogP contribution is 2.17. The topological polar surface area (TPSA) is 59.1 Å². The summed E-state index contributed by atoms with van der Waals surface area (Å²) in [6.07, 6.45) is 16.0. The molecule has 0 spiro atoms. The summed E-state index contributed by atoms with van der Waals surface area (Å²) < 4.78 is 11.7. The predicted octanol–water partition coefficient (Wildman–Crippen LogP) is 8.96. The first-order chi connectivity index (χ1) is 23.3. The van der Waals surface area contributed by atoms with E-state index in [-0.39, 0.29) is 11.6 Å². The second-order valence-electron chi connectivity index (χ2n) is 11.6. The highest BCUT2D eigenvalue weighted by Gasteiger charge is 2.04. The molecular weight excluding hydrogens is 596 g/mol. The number of allylic oxidation sites excluding steroid dienone is 6. The van der Waals surface area contributed by atoms with Gasteiger partial charge in [0.15, 0.2) is 11.6 Å². The van der Waals surface area contributed by atoms with Gasteiger partial charge in [0.25, 0.3) is 0 Å². The normalized spacial score (nSPS) is 11.5. The van der Waals surface area contributed by atoms with Crippen molar-refractivity contribution in [3.05, 3.63) is 156 Å². The number of benzene rings is 4. The van der Waals surface area contributed by atoms with Crippen molar-refractivity contribution in [3.8, 4) is 11.5 Å². The number of nitrogens with zero attached hydrogens (tertiary/aromatic N) is 2. The molecule has 0 aliphatic rings. The van der Waals surface area contributed by atoms with Crippen LogP contribution < -0.4 is 19.3 Å². The van der Waals surface area contributed by atoms with Crippen molar-refractivity contribution in [2.75, 3.05) is 51.2 Å². The number of carbonyl (C=O) groups is 2. The number of hydrogen-bond acceptors (Lipinski definition) is 6. The third kappa shape index (κ3) is 11.6. The van der Waals surface area contributed by atoms with Crippen molar-refractivity contribution in [2.45, 2.75) is 12.8 Å². The number of ketones is 2. The van der Waals surface area contributed by atoms with Gasteiger partial charge in [-0.2, -0.15) is 0 Å². The van der Waals surface area contributed by atoms with Crippen molar-refractivity contribution in [1.82, 2.24) is 0 Å². The molecule has 4 aromatic carbocycles. The molecule has 0 fully saturated rings. The van der Waals surface area contributed by atoms with Crippen molar-refractivity contribution in [1.29, 1.82) is 0 Å². The fraction of sp³-hybridized carbons (Fsp3) is 0.190. The summed E-state index contributed by atoms with van der Waals surface area (Å²) in [4.78, 5) is 29.1. The summed E-state index contributed by atoms with van der Waals surface area (Å²) in [5.41, 5.74) is 5.65. The SMILES string of the molecule is CN(C)c1ccc(/C=C/C=C/C(=O)c2ccc(OCCCCOc3ccc(C(=O)/C=C/C=C/c4ccc(N(C)C)cc4)cc3)cc2)cc1. The third-order valence-corrected chi connectivity index (χ3v) is 7.47. The summed E-state index contributed by atoms with van der Waals surface area (Å²) >= 11 is 0. The van der Waals surface area contributed by atoms with Crippen LogP contribution in [0.15, 0.2) is 134 Å². The molecule has 0 atom stereocenters. The van der Waals surface area contributed by atoms with Gasteiger partial charge in [-0.25, -0.2) is 0 Å². The van der Waals surface area contributed by atoms with Gasteiger partial charge in [0, 0.05) is 50.7 Å². The lowest BCUT2D eigenvalue weighted by atomic mass is 10.1. The summed E-state index contributed by atoms with van der Waals surface area (Å²) in [5.74, 6) is 1.33. The van der Waals surface area contributed by atoms with Gasteiger partial charge in [-0.15, -0.1) is 0 Å². The van der Waals surface area contributed by atoms with E-state index in [1.165, 1.54) is 0 Å². The van der Waals surface area contributed by atoms with Crippen LogP contribution in [0, 0.1) is 0 Å². The summed E-state index contributed by atoms with van der Waals surface area (Å²) in [7, 11) is 8.04. The van der Waals surface area contributed by atoms with Crippen LogP contribution in [-0.2, 0) is 0 Å². The van der Waals surface area contributed by atoms with Crippen molar-refractivity contribution in [3.63, 3.8) is 0 Å². The average molecular weight is 641 g/mol. The molecule has 0 aliphatic carbocycles. The molecule has 0 saturated heterocycles. The highest BCUT2D eigenvalue weighted by atomic mass is 16.5. The lowest BCUT2D eigenvalue weighted by Gasteiger charge is -2.11. The van der Waals surface area contributed by atoms with Crippen LogP contribution >= 0.6 is 0 Å². The number of unbranched alkanes of at least 4 members (excludes halogenated alkanes) is 1. The first kappa shape index (κ1) is 35.2. The summed E-state index contributed by atoms with van der Waals surface area (Å²) in [6.45, 7) is 1.10. The Morgan fingerprint density at radius 2 is 0.854 bits per heavy atom. The van der Waals surface area contributed by atoms with Gasteiger partial charge in [0.05, 0.1) is 13.2 Å². The number of hydrogen-bond donors (Lipinski definition) is 0. The third-order valence-electron chi connectivity index (χ3n) is 7.47.